The molecule has 0 spiro atoms. The first-order chi connectivity index (χ1) is 10.0. The predicted octanol–water partition coefficient (Wildman–Crippen LogP) is 2.43. The van der Waals surface area contributed by atoms with Gasteiger partial charge in [-0.2, -0.15) is 11.8 Å². The minimum atomic E-state index is -1.02. The number of rotatable bonds is 9. The van der Waals surface area contributed by atoms with E-state index in [0.29, 0.717) is 22.9 Å². The maximum absolute atomic E-state index is 11.7. The summed E-state index contributed by atoms with van der Waals surface area (Å²) < 4.78 is 5.38. The number of hydrogen-bond acceptors (Lipinski definition) is 4. The Hall–Kier alpha value is -1.40. The van der Waals surface area contributed by atoms with Crippen molar-refractivity contribution in [2.24, 2.45) is 0 Å². The monoisotopic (exact) mass is 331 g/mol. The van der Waals surface area contributed by atoms with Gasteiger partial charge in [0.15, 0.2) is 0 Å². The standard InChI is InChI=1S/C14H18ClNO4S/c1-21-8-6-12(14(18)19)16-13(17)5-7-20-11-4-2-3-10(15)9-11/h2-4,9,12H,5-8H2,1H3,(H,16,17)(H,18,19). The summed E-state index contributed by atoms with van der Waals surface area (Å²) in [4.78, 5) is 22.7. The minimum absolute atomic E-state index is 0.0928. The zero-order chi connectivity index (χ0) is 15.7. The molecule has 0 aliphatic carbocycles. The van der Waals surface area contributed by atoms with E-state index in [1.54, 1.807) is 24.3 Å². The maximum Gasteiger partial charge on any atom is 0.326 e. The van der Waals surface area contributed by atoms with Crippen molar-refractivity contribution in [1.29, 1.82) is 0 Å². The summed E-state index contributed by atoms with van der Waals surface area (Å²) in [5.74, 6) is -0.109. The van der Waals surface area contributed by atoms with Crippen LogP contribution in [0.2, 0.25) is 5.02 Å². The molecule has 7 heteroatoms. The highest BCUT2D eigenvalue weighted by Crippen LogP contribution is 2.17. The number of nitrogens with one attached hydrogen (secondary N) is 1. The first-order valence-corrected chi connectivity index (χ1v) is 8.19. The second-order valence-electron chi connectivity index (χ2n) is 4.30. The summed E-state index contributed by atoms with van der Waals surface area (Å²) in [5, 5.41) is 12.1. The molecule has 0 radical (unpaired) electrons. The number of amides is 1. The van der Waals surface area contributed by atoms with Crippen LogP contribution in [0.5, 0.6) is 5.75 Å². The largest absolute Gasteiger partial charge is 0.493 e. The van der Waals surface area contributed by atoms with Crippen LogP contribution in [-0.2, 0) is 9.59 Å². The molecule has 2 N–H and O–H groups in total. The van der Waals surface area contributed by atoms with Crippen LogP contribution in [0, 0.1) is 0 Å². The summed E-state index contributed by atoms with van der Waals surface area (Å²) in [6.45, 7) is 0.168. The number of hydrogen-bond donors (Lipinski definition) is 2. The fourth-order valence-corrected chi connectivity index (χ4v) is 2.23. The van der Waals surface area contributed by atoms with E-state index >= 15 is 0 Å². The van der Waals surface area contributed by atoms with E-state index in [1.807, 2.05) is 6.26 Å². The van der Waals surface area contributed by atoms with Crippen molar-refractivity contribution in [3.8, 4) is 5.75 Å². The Morgan fingerprint density at radius 3 is 2.86 bits per heavy atom. The minimum Gasteiger partial charge on any atom is -0.493 e. The molecular formula is C14H18ClNO4S. The molecule has 21 heavy (non-hydrogen) atoms. The molecule has 0 fully saturated rings. The normalized spacial score (nSPS) is 11.7. The molecule has 0 aromatic heterocycles. The SMILES string of the molecule is CSCCC(NC(=O)CCOc1cccc(Cl)c1)C(=O)O. The molecule has 1 atom stereocenters. The van der Waals surface area contributed by atoms with Gasteiger partial charge in [-0.05, 0) is 36.6 Å². The Kier molecular flexibility index (Phi) is 8.00. The molecule has 0 saturated carbocycles. The number of benzene rings is 1. The first kappa shape index (κ1) is 17.7. The van der Waals surface area contributed by atoms with Crippen molar-refractivity contribution in [3.05, 3.63) is 29.3 Å². The van der Waals surface area contributed by atoms with Crippen LogP contribution in [0.4, 0.5) is 0 Å². The highest BCUT2D eigenvalue weighted by Gasteiger charge is 2.19. The van der Waals surface area contributed by atoms with E-state index in [-0.39, 0.29) is 18.9 Å². The van der Waals surface area contributed by atoms with E-state index in [1.165, 1.54) is 11.8 Å². The van der Waals surface area contributed by atoms with Crippen LogP contribution in [0.15, 0.2) is 24.3 Å². The molecule has 0 aliphatic rings. The van der Waals surface area contributed by atoms with E-state index in [0.717, 1.165) is 0 Å². The van der Waals surface area contributed by atoms with Gasteiger partial charge >= 0.3 is 5.97 Å². The number of carbonyl (C=O) groups is 2. The topological polar surface area (TPSA) is 75.6 Å². The number of carboxylic acids is 1. The molecule has 1 rings (SSSR count). The van der Waals surface area contributed by atoms with Gasteiger partial charge in [0.05, 0.1) is 13.0 Å². The van der Waals surface area contributed by atoms with Gasteiger partial charge in [-0.25, -0.2) is 4.79 Å². The average Bonchev–Trinajstić information content (AvgIpc) is 2.43. The second-order valence-corrected chi connectivity index (χ2v) is 5.72. The number of aliphatic carboxylic acids is 1. The van der Waals surface area contributed by atoms with Crippen LogP contribution in [0.1, 0.15) is 12.8 Å². The van der Waals surface area contributed by atoms with E-state index in [4.69, 9.17) is 21.4 Å². The average molecular weight is 332 g/mol. The van der Waals surface area contributed by atoms with Gasteiger partial charge in [0.25, 0.3) is 0 Å². The van der Waals surface area contributed by atoms with Crippen molar-refractivity contribution in [1.82, 2.24) is 5.32 Å². The Bertz CT molecular complexity index is 484. The van der Waals surface area contributed by atoms with Crippen molar-refractivity contribution in [2.45, 2.75) is 18.9 Å². The van der Waals surface area contributed by atoms with E-state index < -0.39 is 12.0 Å². The van der Waals surface area contributed by atoms with Gasteiger partial charge in [0.1, 0.15) is 11.8 Å². The molecule has 5 nitrogen and oxygen atoms in total. The molecule has 0 bridgehead atoms. The molecule has 116 valence electrons. The quantitative estimate of drug-likeness (QED) is 0.727. The summed E-state index contributed by atoms with van der Waals surface area (Å²) in [7, 11) is 0. The lowest BCUT2D eigenvalue weighted by molar-refractivity contribution is -0.141. The predicted molar refractivity (Wildman–Crippen MR) is 84.1 cm³/mol. The lowest BCUT2D eigenvalue weighted by Gasteiger charge is -2.14. The third kappa shape index (κ3) is 7.24. The van der Waals surface area contributed by atoms with E-state index in [2.05, 4.69) is 5.32 Å². The maximum atomic E-state index is 11.7. The Labute approximate surface area is 133 Å². The van der Waals surface area contributed by atoms with Crippen LogP contribution in [0.25, 0.3) is 0 Å². The molecule has 1 aromatic carbocycles. The lowest BCUT2D eigenvalue weighted by Crippen LogP contribution is -2.41. The Morgan fingerprint density at radius 1 is 1.48 bits per heavy atom. The highest BCUT2D eigenvalue weighted by atomic mass is 35.5. The molecule has 0 saturated heterocycles. The van der Waals surface area contributed by atoms with Crippen molar-refractivity contribution in [2.75, 3.05) is 18.6 Å². The summed E-state index contributed by atoms with van der Waals surface area (Å²) >= 11 is 7.35. The number of halogens is 1. The Balaban J connectivity index is 2.34. The van der Waals surface area contributed by atoms with Crippen molar-refractivity contribution >= 4 is 35.2 Å². The molecular weight excluding hydrogens is 314 g/mol. The van der Waals surface area contributed by atoms with Gasteiger partial charge in [-0.1, -0.05) is 17.7 Å². The van der Waals surface area contributed by atoms with Crippen LogP contribution >= 0.6 is 23.4 Å². The summed E-state index contributed by atoms with van der Waals surface area (Å²) in [6, 6.07) is 6.02. The summed E-state index contributed by atoms with van der Waals surface area (Å²) in [6.07, 6.45) is 2.38. The smallest absolute Gasteiger partial charge is 0.326 e. The number of ether oxygens (including phenoxy) is 1. The van der Waals surface area contributed by atoms with Gasteiger partial charge < -0.3 is 15.2 Å². The first-order valence-electron chi connectivity index (χ1n) is 6.42. The molecule has 1 aromatic rings. The third-order valence-corrected chi connectivity index (χ3v) is 3.52. The van der Waals surface area contributed by atoms with Gasteiger partial charge in [0.2, 0.25) is 5.91 Å². The van der Waals surface area contributed by atoms with E-state index in [9.17, 15) is 9.59 Å². The number of carbonyl (C=O) groups excluding carboxylic acids is 1. The van der Waals surface area contributed by atoms with Crippen molar-refractivity contribution in [3.63, 3.8) is 0 Å². The summed E-state index contributed by atoms with van der Waals surface area (Å²) in [5.41, 5.74) is 0. The van der Waals surface area contributed by atoms with Crippen molar-refractivity contribution < 1.29 is 19.4 Å². The fourth-order valence-electron chi connectivity index (χ4n) is 1.58. The highest BCUT2D eigenvalue weighted by molar-refractivity contribution is 7.98. The second kappa shape index (κ2) is 9.52. The molecule has 1 amide bonds. The lowest BCUT2D eigenvalue weighted by atomic mass is 10.2. The Morgan fingerprint density at radius 2 is 2.24 bits per heavy atom. The van der Waals surface area contributed by atoms with Crippen LogP contribution in [-0.4, -0.2) is 41.6 Å². The number of carboxylic acid groups (broad SMARTS) is 1. The third-order valence-electron chi connectivity index (χ3n) is 2.64. The molecule has 0 aliphatic heterocycles. The van der Waals surface area contributed by atoms with Gasteiger partial charge in [-0.15, -0.1) is 0 Å². The van der Waals surface area contributed by atoms with Gasteiger partial charge in [-0.3, -0.25) is 4.79 Å². The van der Waals surface area contributed by atoms with Gasteiger partial charge in [0, 0.05) is 5.02 Å². The zero-order valence-corrected chi connectivity index (χ0v) is 13.2. The fraction of sp³-hybridized carbons (Fsp3) is 0.429. The van der Waals surface area contributed by atoms with Crippen LogP contribution in [0.3, 0.4) is 0 Å². The number of thioether (sulfide) groups is 1. The molecule has 1 unspecified atom stereocenters. The zero-order valence-electron chi connectivity index (χ0n) is 11.7. The molecule has 0 heterocycles. The van der Waals surface area contributed by atoms with Crippen LogP contribution < -0.4 is 10.1 Å².